The average molecular weight is 226 g/mol. The maximum atomic E-state index is 11.2. The zero-order valence-corrected chi connectivity index (χ0v) is 9.32. The Morgan fingerprint density at radius 3 is 3.06 bits per heavy atom. The first-order valence-electron chi connectivity index (χ1n) is 5.88. The van der Waals surface area contributed by atoms with Crippen LogP contribution in [0.1, 0.15) is 25.7 Å². The largest absolute Gasteiger partial charge is 0.481 e. The van der Waals surface area contributed by atoms with Gasteiger partial charge in [0.05, 0.1) is 6.42 Å². The van der Waals surface area contributed by atoms with Crippen molar-refractivity contribution < 1.29 is 14.7 Å². The van der Waals surface area contributed by atoms with Crippen LogP contribution in [0.25, 0.3) is 0 Å². The normalized spacial score (nSPS) is 30.6. The van der Waals surface area contributed by atoms with Crippen molar-refractivity contribution in [2.75, 3.05) is 19.6 Å². The molecule has 2 aliphatic rings. The van der Waals surface area contributed by atoms with Crippen LogP contribution in [-0.4, -0.2) is 47.6 Å². The summed E-state index contributed by atoms with van der Waals surface area (Å²) in [6.45, 7) is 2.46. The molecule has 2 aliphatic heterocycles. The van der Waals surface area contributed by atoms with Gasteiger partial charge in [-0.2, -0.15) is 0 Å². The Labute approximate surface area is 94.8 Å². The summed E-state index contributed by atoms with van der Waals surface area (Å²) < 4.78 is 0. The number of rotatable bonds is 3. The van der Waals surface area contributed by atoms with E-state index < -0.39 is 5.97 Å². The van der Waals surface area contributed by atoms with Crippen molar-refractivity contribution in [3.63, 3.8) is 0 Å². The Morgan fingerprint density at radius 2 is 2.31 bits per heavy atom. The lowest BCUT2D eigenvalue weighted by Crippen LogP contribution is -2.54. The highest BCUT2D eigenvalue weighted by atomic mass is 16.4. The predicted molar refractivity (Wildman–Crippen MR) is 58.0 cm³/mol. The Kier molecular flexibility index (Phi) is 3.43. The number of carboxylic acid groups (broad SMARTS) is 1. The number of carbonyl (C=O) groups is 2. The molecule has 2 rings (SSSR count). The van der Waals surface area contributed by atoms with E-state index in [1.54, 1.807) is 0 Å². The van der Waals surface area contributed by atoms with E-state index >= 15 is 0 Å². The minimum Gasteiger partial charge on any atom is -0.481 e. The SMILES string of the molecule is O=C(O)CCN1CCC2NC(=O)CCC2C1. The molecule has 2 saturated heterocycles. The van der Waals surface area contributed by atoms with Crippen LogP contribution in [0.3, 0.4) is 0 Å². The number of carboxylic acids is 1. The number of piperidine rings is 2. The topological polar surface area (TPSA) is 69.6 Å². The summed E-state index contributed by atoms with van der Waals surface area (Å²) >= 11 is 0. The first-order chi connectivity index (χ1) is 7.65. The number of carbonyl (C=O) groups excluding carboxylic acids is 1. The van der Waals surface area contributed by atoms with Crippen LogP contribution in [0.5, 0.6) is 0 Å². The summed E-state index contributed by atoms with van der Waals surface area (Å²) in [6.07, 6.45) is 2.73. The van der Waals surface area contributed by atoms with Gasteiger partial charge in [-0.3, -0.25) is 9.59 Å². The van der Waals surface area contributed by atoms with Crippen molar-refractivity contribution in [3.8, 4) is 0 Å². The number of hydrogen-bond donors (Lipinski definition) is 2. The Balaban J connectivity index is 1.81. The summed E-state index contributed by atoms with van der Waals surface area (Å²) in [6, 6.07) is 0.322. The van der Waals surface area contributed by atoms with Gasteiger partial charge in [0.1, 0.15) is 0 Å². The van der Waals surface area contributed by atoms with E-state index in [1.165, 1.54) is 0 Å². The van der Waals surface area contributed by atoms with Crippen LogP contribution >= 0.6 is 0 Å². The van der Waals surface area contributed by atoms with Gasteiger partial charge in [-0.25, -0.2) is 0 Å². The van der Waals surface area contributed by atoms with Crippen molar-refractivity contribution in [2.24, 2.45) is 5.92 Å². The zero-order chi connectivity index (χ0) is 11.5. The van der Waals surface area contributed by atoms with Gasteiger partial charge in [-0.1, -0.05) is 0 Å². The lowest BCUT2D eigenvalue weighted by Gasteiger charge is -2.41. The standard InChI is InChI=1S/C11H18N2O3/c14-10-2-1-8-7-13(6-4-11(15)16)5-3-9(8)12-10/h8-9H,1-7H2,(H,12,14)(H,15,16). The van der Waals surface area contributed by atoms with Gasteiger partial charge in [-0.05, 0) is 18.8 Å². The molecule has 0 bridgehead atoms. The first kappa shape index (κ1) is 11.4. The second-order valence-corrected chi connectivity index (χ2v) is 4.71. The third-order valence-electron chi connectivity index (χ3n) is 3.55. The van der Waals surface area contributed by atoms with Crippen molar-refractivity contribution in [3.05, 3.63) is 0 Å². The highest BCUT2D eigenvalue weighted by Crippen LogP contribution is 2.25. The van der Waals surface area contributed by atoms with Gasteiger partial charge in [0.25, 0.3) is 0 Å². The molecule has 5 heteroatoms. The van der Waals surface area contributed by atoms with E-state index in [2.05, 4.69) is 10.2 Å². The molecule has 0 spiro atoms. The number of nitrogens with one attached hydrogen (secondary N) is 1. The van der Waals surface area contributed by atoms with Crippen LogP contribution in [0.15, 0.2) is 0 Å². The Morgan fingerprint density at radius 1 is 1.50 bits per heavy atom. The highest BCUT2D eigenvalue weighted by molar-refractivity contribution is 5.77. The molecule has 1 amide bonds. The van der Waals surface area contributed by atoms with Gasteiger partial charge >= 0.3 is 5.97 Å². The van der Waals surface area contributed by atoms with Gasteiger partial charge in [0.15, 0.2) is 0 Å². The van der Waals surface area contributed by atoms with Gasteiger partial charge in [0.2, 0.25) is 5.91 Å². The molecule has 0 radical (unpaired) electrons. The Bertz CT molecular complexity index is 293. The summed E-state index contributed by atoms with van der Waals surface area (Å²) in [4.78, 5) is 23.9. The molecule has 0 aromatic carbocycles. The molecule has 0 aliphatic carbocycles. The fourth-order valence-corrected chi connectivity index (χ4v) is 2.64. The van der Waals surface area contributed by atoms with E-state index in [9.17, 15) is 9.59 Å². The van der Waals surface area contributed by atoms with Gasteiger partial charge in [0, 0.05) is 32.1 Å². The number of fused-ring (bicyclic) bond motifs is 1. The van der Waals surface area contributed by atoms with E-state index in [4.69, 9.17) is 5.11 Å². The highest BCUT2D eigenvalue weighted by Gasteiger charge is 2.33. The lowest BCUT2D eigenvalue weighted by molar-refractivity contribution is -0.137. The summed E-state index contributed by atoms with van der Waals surface area (Å²) in [5.41, 5.74) is 0. The molecular weight excluding hydrogens is 208 g/mol. The van der Waals surface area contributed by atoms with Crippen molar-refractivity contribution >= 4 is 11.9 Å². The molecule has 2 atom stereocenters. The third kappa shape index (κ3) is 2.72. The summed E-state index contributed by atoms with van der Waals surface area (Å²) in [7, 11) is 0. The molecule has 2 N–H and O–H groups in total. The second kappa shape index (κ2) is 4.82. The minimum absolute atomic E-state index is 0.167. The molecule has 0 aromatic rings. The molecule has 2 fully saturated rings. The first-order valence-corrected chi connectivity index (χ1v) is 5.88. The van der Waals surface area contributed by atoms with E-state index in [0.717, 1.165) is 25.9 Å². The monoisotopic (exact) mass is 226 g/mol. The molecule has 16 heavy (non-hydrogen) atoms. The fraction of sp³-hybridized carbons (Fsp3) is 0.818. The van der Waals surface area contributed by atoms with E-state index in [-0.39, 0.29) is 12.3 Å². The zero-order valence-electron chi connectivity index (χ0n) is 9.32. The average Bonchev–Trinajstić information content (AvgIpc) is 2.26. The molecule has 2 unspecified atom stereocenters. The number of likely N-dealkylation sites (tertiary alicyclic amines) is 1. The summed E-state index contributed by atoms with van der Waals surface area (Å²) in [5, 5.41) is 11.6. The number of amides is 1. The van der Waals surface area contributed by atoms with Crippen molar-refractivity contribution in [2.45, 2.75) is 31.7 Å². The van der Waals surface area contributed by atoms with Crippen LogP contribution in [0.2, 0.25) is 0 Å². The van der Waals surface area contributed by atoms with Crippen molar-refractivity contribution in [1.82, 2.24) is 10.2 Å². The van der Waals surface area contributed by atoms with Crippen LogP contribution in [0.4, 0.5) is 0 Å². The quantitative estimate of drug-likeness (QED) is 0.714. The molecule has 0 aromatic heterocycles. The van der Waals surface area contributed by atoms with E-state index in [0.29, 0.717) is 24.9 Å². The Hall–Kier alpha value is -1.10. The number of hydrogen-bond acceptors (Lipinski definition) is 3. The maximum absolute atomic E-state index is 11.2. The smallest absolute Gasteiger partial charge is 0.304 e. The lowest BCUT2D eigenvalue weighted by atomic mass is 9.85. The molecule has 5 nitrogen and oxygen atoms in total. The van der Waals surface area contributed by atoms with Crippen molar-refractivity contribution in [1.29, 1.82) is 0 Å². The molecule has 2 heterocycles. The van der Waals surface area contributed by atoms with Crippen LogP contribution in [0, 0.1) is 5.92 Å². The minimum atomic E-state index is -0.737. The summed E-state index contributed by atoms with van der Waals surface area (Å²) in [5.74, 6) is -0.0560. The van der Waals surface area contributed by atoms with Crippen LogP contribution in [-0.2, 0) is 9.59 Å². The number of nitrogens with zero attached hydrogens (tertiary/aromatic N) is 1. The molecule has 90 valence electrons. The molecular formula is C11H18N2O3. The maximum Gasteiger partial charge on any atom is 0.304 e. The fourth-order valence-electron chi connectivity index (χ4n) is 2.64. The van der Waals surface area contributed by atoms with E-state index in [1.807, 2.05) is 0 Å². The number of aliphatic carboxylic acids is 1. The third-order valence-corrected chi connectivity index (χ3v) is 3.55. The van der Waals surface area contributed by atoms with Gasteiger partial charge in [-0.15, -0.1) is 0 Å². The second-order valence-electron chi connectivity index (χ2n) is 4.71. The predicted octanol–water partition coefficient (Wildman–Crippen LogP) is 0.0616. The van der Waals surface area contributed by atoms with Crippen LogP contribution < -0.4 is 5.32 Å². The molecule has 0 saturated carbocycles. The van der Waals surface area contributed by atoms with Gasteiger partial charge < -0.3 is 15.3 Å².